The molecule has 0 spiro atoms. The minimum absolute atomic E-state index is 0.270. The first-order chi connectivity index (χ1) is 14.5. The highest BCUT2D eigenvalue weighted by Gasteiger charge is 2.23. The molecule has 4 aromatic rings. The van der Waals surface area contributed by atoms with E-state index in [2.05, 4.69) is 20.2 Å². The van der Waals surface area contributed by atoms with Gasteiger partial charge in [0.1, 0.15) is 24.1 Å². The predicted octanol–water partition coefficient (Wildman–Crippen LogP) is 3.31. The molecule has 152 valence electrons. The monoisotopic (exact) mass is 405 g/mol. The number of aryl methyl sites for hydroxylation is 1. The van der Waals surface area contributed by atoms with Crippen LogP contribution in [0.4, 0.5) is 10.2 Å². The van der Waals surface area contributed by atoms with Crippen LogP contribution in [0.25, 0.3) is 16.9 Å². The number of pyridine rings is 1. The molecule has 0 saturated heterocycles. The van der Waals surface area contributed by atoms with Gasteiger partial charge in [0.05, 0.1) is 17.6 Å². The van der Waals surface area contributed by atoms with Gasteiger partial charge in [0, 0.05) is 35.9 Å². The number of rotatable bonds is 1. The second-order valence-electron chi connectivity index (χ2n) is 7.17. The van der Waals surface area contributed by atoms with E-state index in [0.29, 0.717) is 30.0 Å². The van der Waals surface area contributed by atoms with Gasteiger partial charge < -0.3 is 10.5 Å². The summed E-state index contributed by atoms with van der Waals surface area (Å²) in [4.78, 5) is 8.78. The molecule has 1 aromatic carbocycles. The number of nitrogen functional groups attached to an aromatic ring is 1. The highest BCUT2D eigenvalue weighted by atomic mass is 19.1. The van der Waals surface area contributed by atoms with E-state index in [1.807, 2.05) is 30.8 Å². The minimum atomic E-state index is -0.498. The van der Waals surface area contributed by atoms with Crippen LogP contribution in [0.2, 0.25) is 0 Å². The largest absolute Gasteiger partial charge is 0.482 e. The Morgan fingerprint density at radius 1 is 1.20 bits per heavy atom. The maximum absolute atomic E-state index is 14.1. The lowest BCUT2D eigenvalue weighted by molar-refractivity contribution is 0.226. The van der Waals surface area contributed by atoms with E-state index in [0.717, 1.165) is 22.6 Å². The van der Waals surface area contributed by atoms with Gasteiger partial charge in [-0.25, -0.2) is 19.0 Å². The maximum atomic E-state index is 14.1. The molecule has 5 rings (SSSR count). The fourth-order valence-corrected chi connectivity index (χ4v) is 3.86. The number of hydrogen-bond acceptors (Lipinski definition) is 6. The number of fused-ring (bicyclic) bond motifs is 7. The number of aromatic nitrogens is 6. The lowest BCUT2D eigenvalue weighted by Gasteiger charge is -2.21. The lowest BCUT2D eigenvalue weighted by atomic mass is 10.0. The van der Waals surface area contributed by atoms with E-state index in [-0.39, 0.29) is 11.6 Å². The van der Waals surface area contributed by atoms with Crippen molar-refractivity contribution in [3.05, 3.63) is 65.8 Å². The highest BCUT2D eigenvalue weighted by molar-refractivity contribution is 5.67. The third-order valence-electron chi connectivity index (χ3n) is 5.30. The summed E-state index contributed by atoms with van der Waals surface area (Å²) in [6.07, 6.45) is 5.04. The Hall–Kier alpha value is -3.75. The number of halogens is 1. The quantitative estimate of drug-likeness (QED) is 0.522. The molecule has 8 nitrogen and oxygen atoms in total. The van der Waals surface area contributed by atoms with Gasteiger partial charge in [0.25, 0.3) is 0 Å². The second kappa shape index (κ2) is 6.94. The summed E-state index contributed by atoms with van der Waals surface area (Å²) in [5.74, 6) is 1.07. The molecule has 1 aliphatic heterocycles. The fourth-order valence-electron chi connectivity index (χ4n) is 3.86. The molecular formula is C21H20FN7O. The second-order valence-corrected chi connectivity index (χ2v) is 7.17. The number of benzene rings is 1. The molecule has 1 aliphatic rings. The summed E-state index contributed by atoms with van der Waals surface area (Å²) < 4.78 is 23.9. The van der Waals surface area contributed by atoms with Gasteiger partial charge in [0.2, 0.25) is 0 Å². The van der Waals surface area contributed by atoms with Crippen molar-refractivity contribution >= 4 is 5.82 Å². The standard InChI is InChI=1S/C21H20FN7O/c1-3-28-20-13-6-18(21(23)24-9-13)30-12(2)16-8-15(22)4-5-17(16)29-19(25-11-27-29)7-14(20)10-26-28/h4-6,8-12H,3,7H2,1-2H3,(H2,23,24)/t12-/m1/s1. The highest BCUT2D eigenvalue weighted by Crippen LogP contribution is 2.35. The summed E-state index contributed by atoms with van der Waals surface area (Å²) >= 11 is 0. The van der Waals surface area contributed by atoms with Gasteiger partial charge in [-0.3, -0.25) is 4.68 Å². The Morgan fingerprint density at radius 3 is 2.90 bits per heavy atom. The molecular weight excluding hydrogens is 385 g/mol. The van der Waals surface area contributed by atoms with Crippen molar-refractivity contribution in [3.8, 4) is 22.7 Å². The molecule has 9 heteroatoms. The van der Waals surface area contributed by atoms with E-state index < -0.39 is 6.10 Å². The molecule has 4 heterocycles. The van der Waals surface area contributed by atoms with Crippen LogP contribution >= 0.6 is 0 Å². The summed E-state index contributed by atoms with van der Waals surface area (Å²) in [6, 6.07) is 6.39. The zero-order valence-corrected chi connectivity index (χ0v) is 16.6. The molecule has 0 aliphatic carbocycles. The maximum Gasteiger partial charge on any atom is 0.166 e. The number of hydrogen-bond donors (Lipinski definition) is 1. The SMILES string of the molecule is CCn1ncc2c1-c1cnc(N)c(c1)O[C@H](C)c1cc(F)ccc1-n1ncnc1C2. The third-order valence-corrected chi connectivity index (χ3v) is 5.30. The zero-order chi connectivity index (χ0) is 20.8. The van der Waals surface area contributed by atoms with Crippen LogP contribution in [0.5, 0.6) is 5.75 Å². The van der Waals surface area contributed by atoms with E-state index in [1.54, 1.807) is 16.9 Å². The summed E-state index contributed by atoms with van der Waals surface area (Å²) in [6.45, 7) is 4.57. The Bertz CT molecular complexity index is 1250. The van der Waals surface area contributed by atoms with Gasteiger partial charge in [-0.05, 0) is 38.1 Å². The van der Waals surface area contributed by atoms with Gasteiger partial charge in [-0.2, -0.15) is 10.2 Å². The van der Waals surface area contributed by atoms with E-state index in [9.17, 15) is 4.39 Å². The van der Waals surface area contributed by atoms with Gasteiger partial charge >= 0.3 is 0 Å². The van der Waals surface area contributed by atoms with Crippen molar-refractivity contribution in [2.75, 3.05) is 5.73 Å². The van der Waals surface area contributed by atoms with Crippen molar-refractivity contribution in [2.45, 2.75) is 32.9 Å². The van der Waals surface area contributed by atoms with Crippen LogP contribution in [0, 0.1) is 5.82 Å². The van der Waals surface area contributed by atoms with Crippen molar-refractivity contribution in [1.29, 1.82) is 0 Å². The summed E-state index contributed by atoms with van der Waals surface area (Å²) in [7, 11) is 0. The summed E-state index contributed by atoms with van der Waals surface area (Å²) in [5.41, 5.74) is 10.2. The molecule has 1 atom stereocenters. The van der Waals surface area contributed by atoms with Crippen LogP contribution < -0.4 is 10.5 Å². The van der Waals surface area contributed by atoms with Gasteiger partial charge in [0.15, 0.2) is 11.6 Å². The van der Waals surface area contributed by atoms with Crippen LogP contribution in [0.1, 0.15) is 36.9 Å². The number of ether oxygens (including phenoxy) is 1. The lowest BCUT2D eigenvalue weighted by Crippen LogP contribution is -2.14. The minimum Gasteiger partial charge on any atom is -0.482 e. The van der Waals surface area contributed by atoms with Gasteiger partial charge in [-0.1, -0.05) is 0 Å². The average molecular weight is 405 g/mol. The van der Waals surface area contributed by atoms with Crippen LogP contribution in [-0.2, 0) is 13.0 Å². The molecule has 2 N–H and O–H groups in total. The van der Waals surface area contributed by atoms with E-state index in [1.165, 1.54) is 18.5 Å². The molecule has 0 radical (unpaired) electrons. The molecule has 0 saturated carbocycles. The third kappa shape index (κ3) is 2.90. The average Bonchev–Trinajstić information content (AvgIpc) is 3.36. The Balaban J connectivity index is 1.79. The number of anilines is 1. The van der Waals surface area contributed by atoms with Gasteiger partial charge in [-0.15, -0.1) is 0 Å². The fraction of sp³-hybridized carbons (Fsp3) is 0.238. The molecule has 0 fully saturated rings. The first-order valence-corrected chi connectivity index (χ1v) is 9.71. The molecule has 3 aromatic heterocycles. The van der Waals surface area contributed by atoms with Crippen molar-refractivity contribution in [2.24, 2.45) is 0 Å². The Morgan fingerprint density at radius 2 is 2.07 bits per heavy atom. The van der Waals surface area contributed by atoms with Crippen molar-refractivity contribution in [3.63, 3.8) is 0 Å². The normalized spacial score (nSPS) is 15.2. The van der Waals surface area contributed by atoms with Crippen molar-refractivity contribution in [1.82, 2.24) is 29.5 Å². The molecule has 0 unspecified atom stereocenters. The van der Waals surface area contributed by atoms with Crippen LogP contribution in [0.3, 0.4) is 0 Å². The first-order valence-electron chi connectivity index (χ1n) is 9.71. The number of nitrogens with two attached hydrogens (primary N) is 1. The Labute approximate surface area is 172 Å². The molecule has 0 amide bonds. The van der Waals surface area contributed by atoms with Crippen LogP contribution in [0.15, 0.2) is 43.0 Å². The number of nitrogens with zero attached hydrogens (tertiary/aromatic N) is 6. The van der Waals surface area contributed by atoms with E-state index in [4.69, 9.17) is 10.5 Å². The van der Waals surface area contributed by atoms with Crippen molar-refractivity contribution < 1.29 is 9.13 Å². The molecule has 2 bridgehead atoms. The summed E-state index contributed by atoms with van der Waals surface area (Å²) in [5, 5.41) is 8.92. The van der Waals surface area contributed by atoms with Crippen LogP contribution in [-0.4, -0.2) is 29.5 Å². The zero-order valence-electron chi connectivity index (χ0n) is 16.6. The Kier molecular flexibility index (Phi) is 4.23. The van der Waals surface area contributed by atoms with E-state index >= 15 is 0 Å². The predicted molar refractivity (Wildman–Crippen MR) is 109 cm³/mol. The molecule has 30 heavy (non-hydrogen) atoms. The first kappa shape index (κ1) is 18.3. The topological polar surface area (TPSA) is 96.7 Å². The smallest absolute Gasteiger partial charge is 0.166 e.